The van der Waals surface area contributed by atoms with Crippen molar-refractivity contribution in [2.75, 3.05) is 0 Å². The molecule has 0 N–H and O–H groups in total. The molecule has 0 aliphatic rings. The van der Waals surface area contributed by atoms with Gasteiger partial charge in [0.15, 0.2) is 0 Å². The van der Waals surface area contributed by atoms with Crippen molar-refractivity contribution in [3.8, 4) is 5.75 Å². The predicted octanol–water partition coefficient (Wildman–Crippen LogP) is 3.97. The van der Waals surface area contributed by atoms with Gasteiger partial charge in [0.1, 0.15) is 18.0 Å². The van der Waals surface area contributed by atoms with Crippen LogP contribution in [0.2, 0.25) is 0 Å². The molecule has 0 radical (unpaired) electrons. The van der Waals surface area contributed by atoms with Gasteiger partial charge in [0, 0.05) is 0 Å². The summed E-state index contributed by atoms with van der Waals surface area (Å²) in [6.45, 7) is 2.47. The highest BCUT2D eigenvalue weighted by Gasteiger charge is 1.98. The van der Waals surface area contributed by atoms with Gasteiger partial charge in [-0.1, -0.05) is 29.8 Å². The van der Waals surface area contributed by atoms with Crippen molar-refractivity contribution in [2.24, 2.45) is 5.18 Å². The number of hydrogen-bond acceptors (Lipinski definition) is 3. The van der Waals surface area contributed by atoms with Gasteiger partial charge in [-0.2, -0.15) is 0 Å². The second-order valence-corrected chi connectivity index (χ2v) is 3.86. The van der Waals surface area contributed by atoms with Gasteiger partial charge < -0.3 is 4.74 Å². The third-order valence-electron chi connectivity index (χ3n) is 2.44. The van der Waals surface area contributed by atoms with Gasteiger partial charge in [-0.05, 0) is 41.9 Å². The van der Waals surface area contributed by atoms with E-state index in [0.717, 1.165) is 11.3 Å². The molecule has 0 amide bonds. The maximum atomic E-state index is 10.4. The number of rotatable bonds is 4. The summed E-state index contributed by atoms with van der Waals surface area (Å²) in [6, 6.07) is 14.9. The first-order valence-corrected chi connectivity index (χ1v) is 5.40. The van der Waals surface area contributed by atoms with Crippen molar-refractivity contribution < 1.29 is 4.74 Å². The van der Waals surface area contributed by atoms with Gasteiger partial charge in [0.25, 0.3) is 0 Å². The van der Waals surface area contributed by atoms with Crippen LogP contribution in [0.5, 0.6) is 5.75 Å². The average Bonchev–Trinajstić information content (AvgIpc) is 2.38. The topological polar surface area (TPSA) is 38.7 Å². The molecule has 0 aliphatic heterocycles. The summed E-state index contributed by atoms with van der Waals surface area (Å²) >= 11 is 0. The first-order chi connectivity index (χ1) is 8.28. The van der Waals surface area contributed by atoms with E-state index in [1.54, 1.807) is 18.2 Å². The minimum absolute atomic E-state index is 0.426. The highest BCUT2D eigenvalue weighted by Crippen LogP contribution is 2.17. The van der Waals surface area contributed by atoms with Gasteiger partial charge in [-0.15, -0.1) is 4.91 Å². The Morgan fingerprint density at radius 3 is 2.59 bits per heavy atom. The van der Waals surface area contributed by atoms with Gasteiger partial charge in [-0.3, -0.25) is 0 Å². The molecule has 3 heteroatoms. The van der Waals surface area contributed by atoms with E-state index in [1.807, 2.05) is 37.3 Å². The smallest absolute Gasteiger partial charge is 0.119 e. The third kappa shape index (κ3) is 3.14. The van der Waals surface area contributed by atoms with Crippen LogP contribution in [0.4, 0.5) is 5.69 Å². The summed E-state index contributed by atoms with van der Waals surface area (Å²) in [4.78, 5) is 10.4. The molecule has 17 heavy (non-hydrogen) atoms. The molecular formula is C14H13NO2. The Morgan fingerprint density at radius 2 is 1.88 bits per heavy atom. The van der Waals surface area contributed by atoms with Crippen molar-refractivity contribution in [2.45, 2.75) is 13.5 Å². The zero-order chi connectivity index (χ0) is 12.1. The molecule has 3 nitrogen and oxygen atoms in total. The zero-order valence-electron chi connectivity index (χ0n) is 9.59. The minimum Gasteiger partial charge on any atom is -0.489 e. The lowest BCUT2D eigenvalue weighted by Crippen LogP contribution is -1.94. The number of benzene rings is 2. The van der Waals surface area contributed by atoms with E-state index < -0.39 is 0 Å². The van der Waals surface area contributed by atoms with Crippen molar-refractivity contribution in [1.29, 1.82) is 0 Å². The van der Waals surface area contributed by atoms with E-state index in [0.29, 0.717) is 12.3 Å². The fraction of sp³-hybridized carbons (Fsp3) is 0.143. The first kappa shape index (κ1) is 11.3. The Hall–Kier alpha value is -2.16. The monoisotopic (exact) mass is 227 g/mol. The normalized spacial score (nSPS) is 9.94. The lowest BCUT2D eigenvalue weighted by Gasteiger charge is -2.06. The second kappa shape index (κ2) is 5.25. The number of nitrogens with zero attached hydrogens (tertiary/aromatic N) is 1. The van der Waals surface area contributed by atoms with E-state index >= 15 is 0 Å². The highest BCUT2D eigenvalue weighted by atomic mass is 16.5. The molecule has 0 unspecified atom stereocenters. The van der Waals surface area contributed by atoms with Gasteiger partial charge in [0.05, 0.1) is 0 Å². The molecule has 2 aromatic carbocycles. The Balaban J connectivity index is 2.01. The van der Waals surface area contributed by atoms with Crippen LogP contribution in [-0.4, -0.2) is 0 Å². The van der Waals surface area contributed by atoms with Gasteiger partial charge in [0.2, 0.25) is 0 Å². The van der Waals surface area contributed by atoms with Crippen LogP contribution < -0.4 is 4.74 Å². The van der Waals surface area contributed by atoms with Crippen molar-refractivity contribution in [3.63, 3.8) is 0 Å². The SMILES string of the molecule is Cc1ccc(OCc2cccc(N=O)c2)cc1. The molecule has 0 saturated carbocycles. The zero-order valence-corrected chi connectivity index (χ0v) is 9.59. The number of ether oxygens (including phenoxy) is 1. The number of hydrogen-bond donors (Lipinski definition) is 0. The molecule has 0 fully saturated rings. The molecule has 0 saturated heterocycles. The van der Waals surface area contributed by atoms with E-state index in [4.69, 9.17) is 4.74 Å². The van der Waals surface area contributed by atoms with Crippen LogP contribution in [0, 0.1) is 11.8 Å². The largest absolute Gasteiger partial charge is 0.489 e. The molecular weight excluding hydrogens is 214 g/mol. The molecule has 2 aromatic rings. The van der Waals surface area contributed by atoms with Crippen LogP contribution in [0.3, 0.4) is 0 Å². The fourth-order valence-electron chi connectivity index (χ4n) is 1.50. The van der Waals surface area contributed by atoms with Crippen LogP contribution in [0.1, 0.15) is 11.1 Å². The maximum Gasteiger partial charge on any atom is 0.119 e. The van der Waals surface area contributed by atoms with Crippen LogP contribution in [0.25, 0.3) is 0 Å². The summed E-state index contributed by atoms with van der Waals surface area (Å²) in [6.07, 6.45) is 0. The standard InChI is InChI=1S/C14H13NO2/c1-11-5-7-14(8-6-11)17-10-12-3-2-4-13(9-12)15-16/h2-9H,10H2,1H3. The number of aryl methyl sites for hydroxylation is 1. The van der Waals surface area contributed by atoms with E-state index in [9.17, 15) is 4.91 Å². The third-order valence-corrected chi connectivity index (χ3v) is 2.44. The van der Waals surface area contributed by atoms with E-state index in [-0.39, 0.29) is 0 Å². The van der Waals surface area contributed by atoms with E-state index in [2.05, 4.69) is 5.18 Å². The Kier molecular flexibility index (Phi) is 3.50. The Labute approximate surface area is 100 Å². The molecule has 86 valence electrons. The van der Waals surface area contributed by atoms with Crippen LogP contribution in [0.15, 0.2) is 53.7 Å². The molecule has 2 rings (SSSR count). The summed E-state index contributed by atoms with van der Waals surface area (Å²) in [5.41, 5.74) is 2.56. The molecule has 0 atom stereocenters. The van der Waals surface area contributed by atoms with Gasteiger partial charge >= 0.3 is 0 Å². The molecule has 0 spiro atoms. The summed E-state index contributed by atoms with van der Waals surface area (Å²) in [5, 5.41) is 2.89. The highest BCUT2D eigenvalue weighted by molar-refractivity contribution is 5.39. The Bertz CT molecular complexity index is 506. The lowest BCUT2D eigenvalue weighted by molar-refractivity contribution is 0.306. The van der Waals surface area contributed by atoms with Crippen molar-refractivity contribution >= 4 is 5.69 Å². The molecule has 0 heterocycles. The quantitative estimate of drug-likeness (QED) is 0.741. The molecule has 0 aliphatic carbocycles. The Morgan fingerprint density at radius 1 is 1.12 bits per heavy atom. The number of nitroso groups, excluding NO2 is 1. The first-order valence-electron chi connectivity index (χ1n) is 5.40. The summed E-state index contributed by atoms with van der Waals surface area (Å²) in [5.74, 6) is 0.820. The predicted molar refractivity (Wildman–Crippen MR) is 67.4 cm³/mol. The van der Waals surface area contributed by atoms with Gasteiger partial charge in [-0.25, -0.2) is 0 Å². The van der Waals surface area contributed by atoms with Crippen LogP contribution in [-0.2, 0) is 6.61 Å². The van der Waals surface area contributed by atoms with Crippen LogP contribution >= 0.6 is 0 Å². The average molecular weight is 227 g/mol. The fourth-order valence-corrected chi connectivity index (χ4v) is 1.50. The van der Waals surface area contributed by atoms with Crippen molar-refractivity contribution in [3.05, 3.63) is 64.6 Å². The molecule has 0 aromatic heterocycles. The molecule has 0 bridgehead atoms. The maximum absolute atomic E-state index is 10.4. The second-order valence-electron chi connectivity index (χ2n) is 3.86. The summed E-state index contributed by atoms with van der Waals surface area (Å²) in [7, 11) is 0. The van der Waals surface area contributed by atoms with E-state index in [1.165, 1.54) is 5.56 Å². The van der Waals surface area contributed by atoms with Crippen molar-refractivity contribution in [1.82, 2.24) is 0 Å². The minimum atomic E-state index is 0.426. The lowest BCUT2D eigenvalue weighted by atomic mass is 10.2. The summed E-state index contributed by atoms with van der Waals surface area (Å²) < 4.78 is 5.60.